The second-order valence-electron chi connectivity index (χ2n) is 7.60. The molecule has 0 aliphatic carbocycles. The molecule has 4 rings (SSSR count). The van der Waals surface area contributed by atoms with Crippen molar-refractivity contribution in [2.75, 3.05) is 26.3 Å². The number of hydrogen-bond acceptors (Lipinski definition) is 5. The third-order valence-electron chi connectivity index (χ3n) is 5.48. The lowest BCUT2D eigenvalue weighted by molar-refractivity contribution is -0.131. The van der Waals surface area contributed by atoms with E-state index in [1.165, 1.54) is 24.3 Å². The minimum Gasteiger partial charge on any atom is -0.490 e. The molecule has 9 heteroatoms. The summed E-state index contributed by atoms with van der Waals surface area (Å²) in [7, 11) is -3.69. The van der Waals surface area contributed by atoms with Gasteiger partial charge < -0.3 is 14.4 Å². The van der Waals surface area contributed by atoms with Gasteiger partial charge in [-0.25, -0.2) is 13.1 Å². The van der Waals surface area contributed by atoms with Crippen LogP contribution in [0.2, 0.25) is 5.02 Å². The Labute approximate surface area is 187 Å². The number of carbonyl (C=O) groups excluding carboxylic acids is 1. The fourth-order valence-corrected chi connectivity index (χ4v) is 5.09. The molecule has 31 heavy (non-hydrogen) atoms. The summed E-state index contributed by atoms with van der Waals surface area (Å²) in [5.41, 5.74) is 1.01. The molecule has 1 N–H and O–H groups in total. The summed E-state index contributed by atoms with van der Waals surface area (Å²) in [6.07, 6.45) is 2.70. The minimum atomic E-state index is -3.69. The molecule has 0 spiro atoms. The summed E-state index contributed by atoms with van der Waals surface area (Å²) in [5.74, 6) is 1.37. The second kappa shape index (κ2) is 9.46. The Hall–Kier alpha value is -2.29. The molecule has 0 bridgehead atoms. The van der Waals surface area contributed by atoms with Crippen LogP contribution in [0.1, 0.15) is 37.3 Å². The summed E-state index contributed by atoms with van der Waals surface area (Å²) in [5, 5.41) is 0.462. The molecular formula is C22H25ClN2O5S. The molecule has 0 saturated carbocycles. The van der Waals surface area contributed by atoms with Crippen LogP contribution in [0.4, 0.5) is 0 Å². The van der Waals surface area contributed by atoms with Crippen molar-refractivity contribution in [3.8, 4) is 11.5 Å². The lowest BCUT2D eigenvalue weighted by Gasteiger charge is -2.26. The Morgan fingerprint density at radius 2 is 1.81 bits per heavy atom. The number of fused-ring (bicyclic) bond motifs is 1. The SMILES string of the molecule is O=C(CCNS(=O)(=O)c1ccc(Cl)cc1)N1CCC[C@H]1c1ccc2c(c1)OCCCO2. The predicted molar refractivity (Wildman–Crippen MR) is 117 cm³/mol. The topological polar surface area (TPSA) is 84.9 Å². The Morgan fingerprint density at radius 1 is 1.06 bits per heavy atom. The highest BCUT2D eigenvalue weighted by Gasteiger charge is 2.30. The first-order valence-electron chi connectivity index (χ1n) is 10.4. The molecule has 2 heterocycles. The number of ether oxygens (including phenoxy) is 2. The van der Waals surface area contributed by atoms with E-state index in [4.69, 9.17) is 21.1 Å². The van der Waals surface area contributed by atoms with Crippen molar-refractivity contribution in [3.63, 3.8) is 0 Å². The lowest BCUT2D eigenvalue weighted by atomic mass is 10.0. The van der Waals surface area contributed by atoms with Gasteiger partial charge in [-0.2, -0.15) is 0 Å². The highest BCUT2D eigenvalue weighted by molar-refractivity contribution is 7.89. The van der Waals surface area contributed by atoms with Crippen LogP contribution < -0.4 is 14.2 Å². The van der Waals surface area contributed by atoms with E-state index >= 15 is 0 Å². The van der Waals surface area contributed by atoms with Gasteiger partial charge in [0.15, 0.2) is 11.5 Å². The summed E-state index contributed by atoms with van der Waals surface area (Å²) in [4.78, 5) is 14.8. The maximum absolute atomic E-state index is 12.9. The molecule has 7 nitrogen and oxygen atoms in total. The van der Waals surface area contributed by atoms with Crippen molar-refractivity contribution in [1.82, 2.24) is 9.62 Å². The fourth-order valence-electron chi connectivity index (χ4n) is 3.93. The lowest BCUT2D eigenvalue weighted by Crippen LogP contribution is -2.34. The van der Waals surface area contributed by atoms with E-state index in [1.54, 1.807) is 0 Å². The molecule has 0 radical (unpaired) electrons. The molecule has 1 fully saturated rings. The molecule has 1 atom stereocenters. The Morgan fingerprint density at radius 3 is 2.58 bits per heavy atom. The molecular weight excluding hydrogens is 440 g/mol. The summed E-state index contributed by atoms with van der Waals surface area (Å²) in [6, 6.07) is 11.7. The molecule has 0 aromatic heterocycles. The van der Waals surface area contributed by atoms with Crippen LogP contribution in [0.5, 0.6) is 11.5 Å². The number of nitrogens with one attached hydrogen (secondary N) is 1. The van der Waals surface area contributed by atoms with Gasteiger partial charge in [0.25, 0.3) is 0 Å². The number of sulfonamides is 1. The average Bonchev–Trinajstić information content (AvgIpc) is 3.13. The smallest absolute Gasteiger partial charge is 0.240 e. The van der Waals surface area contributed by atoms with Gasteiger partial charge in [0.1, 0.15) is 0 Å². The highest BCUT2D eigenvalue weighted by atomic mass is 35.5. The average molecular weight is 465 g/mol. The van der Waals surface area contributed by atoms with Crippen molar-refractivity contribution >= 4 is 27.5 Å². The van der Waals surface area contributed by atoms with Crippen LogP contribution in [0.3, 0.4) is 0 Å². The number of hydrogen-bond donors (Lipinski definition) is 1. The number of amides is 1. The molecule has 2 aromatic carbocycles. The summed E-state index contributed by atoms with van der Waals surface area (Å²) in [6.45, 7) is 1.93. The standard InChI is InChI=1S/C22H25ClN2O5S/c23-17-5-7-18(8-6-17)31(27,28)24-11-10-22(26)25-12-1-3-19(25)16-4-9-20-21(15-16)30-14-2-13-29-20/h4-9,15,19,24H,1-3,10-14H2/t19-/m0/s1. The molecule has 0 unspecified atom stereocenters. The molecule has 2 aliphatic heterocycles. The Bertz CT molecular complexity index is 1040. The summed E-state index contributed by atoms with van der Waals surface area (Å²) >= 11 is 5.81. The Balaban J connectivity index is 1.38. The molecule has 2 aromatic rings. The van der Waals surface area contributed by atoms with E-state index in [0.29, 0.717) is 30.5 Å². The third-order valence-corrected chi connectivity index (χ3v) is 7.21. The number of carbonyl (C=O) groups is 1. The summed E-state index contributed by atoms with van der Waals surface area (Å²) < 4.78 is 38.8. The van der Waals surface area contributed by atoms with E-state index in [9.17, 15) is 13.2 Å². The zero-order valence-corrected chi connectivity index (χ0v) is 18.6. The third kappa shape index (κ3) is 5.14. The number of benzene rings is 2. The van der Waals surface area contributed by atoms with Gasteiger partial charge in [-0.1, -0.05) is 17.7 Å². The van der Waals surface area contributed by atoms with Crippen molar-refractivity contribution in [1.29, 1.82) is 0 Å². The van der Waals surface area contributed by atoms with Gasteiger partial charge >= 0.3 is 0 Å². The van der Waals surface area contributed by atoms with E-state index in [0.717, 1.165) is 30.6 Å². The van der Waals surface area contributed by atoms with Crippen molar-refractivity contribution in [2.45, 2.75) is 36.6 Å². The van der Waals surface area contributed by atoms with Gasteiger partial charge in [0, 0.05) is 31.0 Å². The van der Waals surface area contributed by atoms with Crippen LogP contribution in [-0.2, 0) is 14.8 Å². The van der Waals surface area contributed by atoms with E-state index in [2.05, 4.69) is 4.72 Å². The monoisotopic (exact) mass is 464 g/mol. The van der Waals surface area contributed by atoms with Gasteiger partial charge in [0.2, 0.25) is 15.9 Å². The zero-order valence-electron chi connectivity index (χ0n) is 17.1. The number of halogens is 1. The van der Waals surface area contributed by atoms with E-state index < -0.39 is 10.0 Å². The zero-order chi connectivity index (χ0) is 21.8. The van der Waals surface area contributed by atoms with Crippen LogP contribution >= 0.6 is 11.6 Å². The highest BCUT2D eigenvalue weighted by Crippen LogP contribution is 2.38. The van der Waals surface area contributed by atoms with E-state index in [1.807, 2.05) is 23.1 Å². The number of likely N-dealkylation sites (tertiary alicyclic amines) is 1. The molecule has 1 amide bonds. The Kier molecular flexibility index (Phi) is 6.69. The van der Waals surface area contributed by atoms with Gasteiger partial charge in [-0.3, -0.25) is 4.79 Å². The van der Waals surface area contributed by atoms with Crippen LogP contribution in [0.15, 0.2) is 47.4 Å². The first kappa shape index (κ1) is 21.9. The largest absolute Gasteiger partial charge is 0.490 e. The first-order valence-corrected chi connectivity index (χ1v) is 12.2. The molecule has 2 aliphatic rings. The first-order chi connectivity index (χ1) is 14.9. The molecule has 166 valence electrons. The minimum absolute atomic E-state index is 0.0359. The maximum Gasteiger partial charge on any atom is 0.240 e. The number of rotatable bonds is 6. The fraction of sp³-hybridized carbons (Fsp3) is 0.409. The maximum atomic E-state index is 12.9. The van der Waals surface area contributed by atoms with Crippen LogP contribution in [-0.4, -0.2) is 45.5 Å². The van der Waals surface area contributed by atoms with Crippen molar-refractivity contribution < 1.29 is 22.7 Å². The number of nitrogens with zero attached hydrogens (tertiary/aromatic N) is 1. The van der Waals surface area contributed by atoms with Gasteiger partial charge in [0.05, 0.1) is 24.2 Å². The van der Waals surface area contributed by atoms with Crippen LogP contribution in [0.25, 0.3) is 0 Å². The van der Waals surface area contributed by atoms with Crippen molar-refractivity contribution in [3.05, 3.63) is 53.1 Å². The van der Waals surface area contributed by atoms with Crippen LogP contribution in [0, 0.1) is 0 Å². The van der Waals surface area contributed by atoms with Gasteiger partial charge in [-0.05, 0) is 54.8 Å². The van der Waals surface area contributed by atoms with E-state index in [-0.39, 0.29) is 29.8 Å². The van der Waals surface area contributed by atoms with Crippen molar-refractivity contribution in [2.24, 2.45) is 0 Å². The normalized spacial score (nSPS) is 18.6. The predicted octanol–water partition coefficient (Wildman–Crippen LogP) is 3.53. The second-order valence-corrected chi connectivity index (χ2v) is 9.81. The molecule has 1 saturated heterocycles. The van der Waals surface area contributed by atoms with Gasteiger partial charge in [-0.15, -0.1) is 0 Å². The quantitative estimate of drug-likeness (QED) is 0.706.